The Hall–Kier alpha value is -3.36. The van der Waals surface area contributed by atoms with Crippen LogP contribution in [0.4, 0.5) is 11.4 Å². The molecule has 3 heterocycles. The number of likely N-dealkylation sites (tertiary alicyclic amines) is 1. The Kier molecular flexibility index (Phi) is 6.02. The van der Waals surface area contributed by atoms with Crippen molar-refractivity contribution < 1.29 is 14.3 Å². The lowest BCUT2D eigenvalue weighted by molar-refractivity contribution is -0.121. The molecule has 2 aromatic carbocycles. The van der Waals surface area contributed by atoms with Gasteiger partial charge in [-0.05, 0) is 84.7 Å². The van der Waals surface area contributed by atoms with E-state index in [0.29, 0.717) is 47.2 Å². The van der Waals surface area contributed by atoms with Gasteiger partial charge in [0.2, 0.25) is 5.91 Å². The van der Waals surface area contributed by atoms with Crippen molar-refractivity contribution >= 4 is 34.3 Å². The van der Waals surface area contributed by atoms with Crippen LogP contribution in [-0.2, 0) is 4.79 Å². The lowest BCUT2D eigenvalue weighted by atomic mass is 9.99. The molecule has 1 saturated heterocycles. The third-order valence-electron chi connectivity index (χ3n) is 6.03. The zero-order valence-electron chi connectivity index (χ0n) is 18.2. The molecule has 1 fully saturated rings. The van der Waals surface area contributed by atoms with E-state index >= 15 is 0 Å². The Bertz CT molecular complexity index is 1170. The number of benzene rings is 2. The molecule has 33 heavy (non-hydrogen) atoms. The minimum absolute atomic E-state index is 0.0723. The highest BCUT2D eigenvalue weighted by Crippen LogP contribution is 2.33. The second-order valence-corrected chi connectivity index (χ2v) is 9.01. The molecule has 2 aliphatic rings. The second kappa shape index (κ2) is 9.25. The molecular weight excluding hydrogens is 436 g/mol. The number of ether oxygens (including phenoxy) is 2. The highest BCUT2D eigenvalue weighted by Gasteiger charge is 2.30. The van der Waals surface area contributed by atoms with Crippen molar-refractivity contribution in [2.45, 2.75) is 18.9 Å². The van der Waals surface area contributed by atoms with E-state index in [4.69, 9.17) is 20.6 Å². The molecule has 0 aliphatic carbocycles. The van der Waals surface area contributed by atoms with Gasteiger partial charge in [0.05, 0.1) is 5.71 Å². The zero-order chi connectivity index (χ0) is 22.8. The van der Waals surface area contributed by atoms with Gasteiger partial charge in [-0.2, -0.15) is 11.3 Å². The van der Waals surface area contributed by atoms with E-state index in [1.54, 1.807) is 35.6 Å². The van der Waals surface area contributed by atoms with E-state index in [-0.39, 0.29) is 17.7 Å². The van der Waals surface area contributed by atoms with Crippen LogP contribution >= 0.6 is 11.3 Å². The maximum atomic E-state index is 13.3. The van der Waals surface area contributed by atoms with Gasteiger partial charge < -0.3 is 20.5 Å². The predicted molar refractivity (Wildman–Crippen MR) is 131 cm³/mol. The summed E-state index contributed by atoms with van der Waals surface area (Å²) in [5.41, 5.74) is 9.80. The summed E-state index contributed by atoms with van der Waals surface area (Å²) in [7, 11) is 0. The normalized spacial score (nSPS) is 16.4. The lowest BCUT2D eigenvalue weighted by Crippen LogP contribution is -2.35. The first-order valence-corrected chi connectivity index (χ1v) is 12.0. The van der Waals surface area contributed by atoms with Gasteiger partial charge in [-0.25, -0.2) is 0 Å². The van der Waals surface area contributed by atoms with Crippen LogP contribution in [0.15, 0.2) is 53.2 Å². The molecule has 0 radical (unpaired) electrons. The molecule has 0 spiro atoms. The van der Waals surface area contributed by atoms with E-state index in [1.807, 2.05) is 29.0 Å². The van der Waals surface area contributed by atoms with Gasteiger partial charge in [0, 0.05) is 22.5 Å². The number of nitrogens with one attached hydrogen (secondary N) is 2. The molecule has 2 aliphatic heterocycles. The summed E-state index contributed by atoms with van der Waals surface area (Å²) in [6.07, 6.45) is 2.21. The largest absolute Gasteiger partial charge is 0.486 e. The highest BCUT2D eigenvalue weighted by molar-refractivity contribution is 7.08. The number of hydrogen-bond donors (Lipinski definition) is 3. The molecular formula is C25H26N4O3S. The number of nitrogens with two attached hydrogens (primary N) is 1. The second-order valence-electron chi connectivity index (χ2n) is 8.23. The summed E-state index contributed by atoms with van der Waals surface area (Å²) in [6, 6.07) is 12.4. The summed E-state index contributed by atoms with van der Waals surface area (Å²) in [5.74, 6) is 1.22. The minimum Gasteiger partial charge on any atom is -0.486 e. The van der Waals surface area contributed by atoms with E-state index in [0.717, 1.165) is 31.5 Å². The molecule has 3 aromatic rings. The van der Waals surface area contributed by atoms with Crippen LogP contribution in [0.5, 0.6) is 11.5 Å². The van der Waals surface area contributed by atoms with Crippen LogP contribution in [0, 0.1) is 5.41 Å². The molecule has 1 aromatic heterocycles. The average Bonchev–Trinajstić information content (AvgIpc) is 3.55. The maximum absolute atomic E-state index is 13.3. The van der Waals surface area contributed by atoms with Crippen LogP contribution in [0.25, 0.3) is 0 Å². The van der Waals surface area contributed by atoms with Crippen molar-refractivity contribution in [3.05, 3.63) is 69.9 Å². The Morgan fingerprint density at radius 2 is 1.85 bits per heavy atom. The van der Waals surface area contributed by atoms with Crippen molar-refractivity contribution in [3.63, 3.8) is 0 Å². The van der Waals surface area contributed by atoms with Crippen molar-refractivity contribution in [2.75, 3.05) is 37.4 Å². The first kappa shape index (κ1) is 21.5. The van der Waals surface area contributed by atoms with Gasteiger partial charge in [-0.3, -0.25) is 15.1 Å². The van der Waals surface area contributed by atoms with Gasteiger partial charge in [-0.15, -0.1) is 0 Å². The molecule has 0 saturated carbocycles. The van der Waals surface area contributed by atoms with Gasteiger partial charge in [0.1, 0.15) is 19.3 Å². The number of thiophene rings is 1. The van der Waals surface area contributed by atoms with Gasteiger partial charge in [-0.1, -0.05) is 0 Å². The molecule has 1 amide bonds. The zero-order valence-corrected chi connectivity index (χ0v) is 19.0. The van der Waals surface area contributed by atoms with Crippen LogP contribution in [-0.4, -0.2) is 42.8 Å². The van der Waals surface area contributed by atoms with Gasteiger partial charge in [0.25, 0.3) is 0 Å². The first-order chi connectivity index (χ1) is 16.1. The number of anilines is 2. The van der Waals surface area contributed by atoms with Crippen molar-refractivity contribution in [1.82, 2.24) is 4.90 Å². The summed E-state index contributed by atoms with van der Waals surface area (Å²) in [5, 5.41) is 15.8. The fourth-order valence-electron chi connectivity index (χ4n) is 4.37. The SMILES string of the molecule is N=C(c1ccc2c(c1)OCCO2)c1cc(NC(=O)C(c2ccsc2)N2CCCC2)ccc1N. The fourth-order valence-corrected chi connectivity index (χ4v) is 5.05. The van der Waals surface area contributed by atoms with Crippen molar-refractivity contribution in [2.24, 2.45) is 0 Å². The van der Waals surface area contributed by atoms with Crippen molar-refractivity contribution in [3.8, 4) is 11.5 Å². The third kappa shape index (κ3) is 4.44. The minimum atomic E-state index is -0.322. The molecule has 7 nitrogen and oxygen atoms in total. The molecule has 8 heteroatoms. The average molecular weight is 463 g/mol. The van der Waals surface area contributed by atoms with Crippen LogP contribution in [0.1, 0.15) is 35.6 Å². The predicted octanol–water partition coefficient (Wildman–Crippen LogP) is 4.29. The number of hydrogen-bond acceptors (Lipinski definition) is 7. The molecule has 170 valence electrons. The number of nitrogens with zero attached hydrogens (tertiary/aromatic N) is 1. The number of carbonyl (C=O) groups excluding carboxylic acids is 1. The van der Waals surface area contributed by atoms with Gasteiger partial charge >= 0.3 is 0 Å². The van der Waals surface area contributed by atoms with Gasteiger partial charge in [0.15, 0.2) is 11.5 Å². The van der Waals surface area contributed by atoms with Crippen LogP contribution in [0.2, 0.25) is 0 Å². The molecule has 1 unspecified atom stereocenters. The number of rotatable bonds is 6. The quantitative estimate of drug-likeness (QED) is 0.375. The molecule has 4 N–H and O–H groups in total. The molecule has 5 rings (SSSR count). The summed E-state index contributed by atoms with van der Waals surface area (Å²) >= 11 is 1.60. The number of nitrogen functional groups attached to an aromatic ring is 1. The van der Waals surface area contributed by atoms with Crippen LogP contribution < -0.4 is 20.5 Å². The summed E-state index contributed by atoms with van der Waals surface area (Å²) < 4.78 is 11.2. The Balaban J connectivity index is 1.39. The lowest BCUT2D eigenvalue weighted by Gasteiger charge is -2.26. The Morgan fingerprint density at radius 1 is 1.06 bits per heavy atom. The summed E-state index contributed by atoms with van der Waals surface area (Å²) in [4.78, 5) is 15.6. The molecule has 0 bridgehead atoms. The van der Waals surface area contributed by atoms with E-state index < -0.39 is 0 Å². The fraction of sp³-hybridized carbons (Fsp3) is 0.280. The van der Waals surface area contributed by atoms with Crippen molar-refractivity contribution in [1.29, 1.82) is 5.41 Å². The Labute approximate surface area is 196 Å². The number of carbonyl (C=O) groups is 1. The first-order valence-electron chi connectivity index (χ1n) is 11.1. The highest BCUT2D eigenvalue weighted by atomic mass is 32.1. The third-order valence-corrected chi connectivity index (χ3v) is 6.74. The topological polar surface area (TPSA) is 101 Å². The summed E-state index contributed by atoms with van der Waals surface area (Å²) in [6.45, 7) is 2.82. The Morgan fingerprint density at radius 3 is 2.61 bits per heavy atom. The monoisotopic (exact) mass is 462 g/mol. The standard InChI is InChI=1S/C25H26N4O3S/c26-20-5-4-18(28-25(30)24(17-7-12-33-15-17)29-8-1-2-9-29)14-19(20)23(27)16-3-6-21-22(13-16)32-11-10-31-21/h3-7,12-15,24,27H,1-2,8-11,26H2,(H,28,30). The number of amides is 1. The van der Waals surface area contributed by atoms with E-state index in [2.05, 4.69) is 10.2 Å². The number of fused-ring (bicyclic) bond motifs is 1. The maximum Gasteiger partial charge on any atom is 0.246 e. The van der Waals surface area contributed by atoms with Crippen LogP contribution in [0.3, 0.4) is 0 Å². The molecule has 1 atom stereocenters. The van der Waals surface area contributed by atoms with E-state index in [1.165, 1.54) is 0 Å². The van der Waals surface area contributed by atoms with E-state index in [9.17, 15) is 4.79 Å². The smallest absolute Gasteiger partial charge is 0.246 e.